The Kier molecular flexibility index (Phi) is 3.67. The first-order valence-electron chi connectivity index (χ1n) is 3.41. The summed E-state index contributed by atoms with van der Waals surface area (Å²) in [6, 6.07) is 3.20. The van der Waals surface area contributed by atoms with Crippen molar-refractivity contribution in [2.45, 2.75) is 13.5 Å². The quantitative estimate of drug-likeness (QED) is 0.797. The van der Waals surface area contributed by atoms with Crippen LogP contribution in [0.3, 0.4) is 0 Å². The minimum Gasteiger partial charge on any atom is -0.434 e. The molecule has 1 aromatic carbocycles. The molecule has 0 aliphatic carbocycles. The summed E-state index contributed by atoms with van der Waals surface area (Å²) in [7, 11) is 0. The summed E-state index contributed by atoms with van der Waals surface area (Å²) in [5, 5.41) is 0. The molecule has 13 heavy (non-hydrogen) atoms. The number of hydrogen-bond donors (Lipinski definition) is 0. The van der Waals surface area contributed by atoms with Crippen LogP contribution in [-0.4, -0.2) is 6.61 Å². The zero-order chi connectivity index (χ0) is 10.0. The van der Waals surface area contributed by atoms with Crippen LogP contribution in [-0.2, 0) is 0 Å². The van der Waals surface area contributed by atoms with Gasteiger partial charge >= 0.3 is 6.61 Å². The molecule has 0 saturated heterocycles. The SMILES string of the molecule is Cc1ccc(OC(F)F)c(Br)c1Br. The Balaban J connectivity index is 3.04. The summed E-state index contributed by atoms with van der Waals surface area (Å²) in [5.74, 6) is 0.132. The minimum absolute atomic E-state index is 0.132. The van der Waals surface area contributed by atoms with Gasteiger partial charge in [0.25, 0.3) is 0 Å². The van der Waals surface area contributed by atoms with E-state index in [0.29, 0.717) is 4.47 Å². The van der Waals surface area contributed by atoms with E-state index in [1.165, 1.54) is 6.07 Å². The molecule has 0 radical (unpaired) electrons. The fraction of sp³-hybridized carbons (Fsp3) is 0.250. The molecule has 0 spiro atoms. The molecule has 0 saturated carbocycles. The molecule has 0 N–H and O–H groups in total. The third-order valence-corrected chi connectivity index (χ3v) is 3.80. The lowest BCUT2D eigenvalue weighted by Crippen LogP contribution is -2.02. The van der Waals surface area contributed by atoms with E-state index in [2.05, 4.69) is 36.6 Å². The van der Waals surface area contributed by atoms with Gasteiger partial charge in [-0.15, -0.1) is 0 Å². The van der Waals surface area contributed by atoms with Gasteiger partial charge in [-0.05, 0) is 50.4 Å². The van der Waals surface area contributed by atoms with Crippen LogP contribution >= 0.6 is 31.9 Å². The molecule has 0 heterocycles. The first-order valence-corrected chi connectivity index (χ1v) is 5.00. The van der Waals surface area contributed by atoms with Crippen molar-refractivity contribution in [2.24, 2.45) is 0 Å². The van der Waals surface area contributed by atoms with Gasteiger partial charge in [-0.1, -0.05) is 6.07 Å². The number of aryl methyl sites for hydroxylation is 1. The predicted molar refractivity (Wildman–Crippen MR) is 53.2 cm³/mol. The Hall–Kier alpha value is -0.160. The summed E-state index contributed by atoms with van der Waals surface area (Å²) < 4.78 is 29.3. The van der Waals surface area contributed by atoms with Gasteiger partial charge in [-0.25, -0.2) is 0 Å². The summed E-state index contributed by atoms with van der Waals surface area (Å²) in [4.78, 5) is 0. The van der Waals surface area contributed by atoms with Crippen LogP contribution in [0.15, 0.2) is 21.1 Å². The maximum Gasteiger partial charge on any atom is 0.387 e. The molecule has 1 rings (SSSR count). The Morgan fingerprint density at radius 2 is 1.85 bits per heavy atom. The smallest absolute Gasteiger partial charge is 0.387 e. The maximum atomic E-state index is 11.9. The molecular formula is C8H6Br2F2O. The molecule has 0 aromatic heterocycles. The van der Waals surface area contributed by atoms with E-state index in [9.17, 15) is 8.78 Å². The monoisotopic (exact) mass is 314 g/mol. The highest BCUT2D eigenvalue weighted by Crippen LogP contribution is 2.35. The summed E-state index contributed by atoms with van der Waals surface area (Å²) >= 11 is 6.40. The van der Waals surface area contributed by atoms with E-state index in [-0.39, 0.29) is 5.75 Å². The Morgan fingerprint density at radius 3 is 2.38 bits per heavy atom. The van der Waals surface area contributed by atoms with Gasteiger partial charge in [-0.2, -0.15) is 8.78 Å². The van der Waals surface area contributed by atoms with E-state index >= 15 is 0 Å². The standard InChI is InChI=1S/C8H6Br2F2O/c1-4-2-3-5(13-8(11)12)7(10)6(4)9/h2-3,8H,1H3. The summed E-state index contributed by atoms with van der Waals surface area (Å²) in [5.41, 5.74) is 0.952. The van der Waals surface area contributed by atoms with E-state index in [0.717, 1.165) is 10.0 Å². The van der Waals surface area contributed by atoms with Gasteiger partial charge in [0.05, 0.1) is 4.47 Å². The molecule has 1 aromatic rings. The normalized spacial score (nSPS) is 10.6. The lowest BCUT2D eigenvalue weighted by Gasteiger charge is -2.09. The van der Waals surface area contributed by atoms with Crippen LogP contribution in [0.4, 0.5) is 8.78 Å². The molecular weight excluding hydrogens is 310 g/mol. The van der Waals surface area contributed by atoms with Gasteiger partial charge in [0.1, 0.15) is 5.75 Å². The van der Waals surface area contributed by atoms with E-state index in [4.69, 9.17) is 0 Å². The average Bonchev–Trinajstić information content (AvgIpc) is 2.06. The zero-order valence-electron chi connectivity index (χ0n) is 6.65. The molecule has 0 amide bonds. The Labute approximate surface area is 91.3 Å². The Morgan fingerprint density at radius 1 is 1.23 bits per heavy atom. The molecule has 0 aliphatic rings. The van der Waals surface area contributed by atoms with Crippen molar-refractivity contribution in [3.05, 3.63) is 26.6 Å². The molecule has 0 aliphatic heterocycles. The molecule has 0 atom stereocenters. The van der Waals surface area contributed by atoms with Crippen molar-refractivity contribution < 1.29 is 13.5 Å². The number of halogens is 4. The summed E-state index contributed by atoms with van der Waals surface area (Å²) in [6.07, 6.45) is 0. The molecule has 0 unspecified atom stereocenters. The maximum absolute atomic E-state index is 11.9. The van der Waals surface area contributed by atoms with Gasteiger partial charge in [0, 0.05) is 4.47 Å². The van der Waals surface area contributed by atoms with Crippen molar-refractivity contribution in [1.82, 2.24) is 0 Å². The first-order chi connectivity index (χ1) is 6.02. The van der Waals surface area contributed by atoms with Gasteiger partial charge in [0.2, 0.25) is 0 Å². The van der Waals surface area contributed by atoms with Crippen LogP contribution in [0.1, 0.15) is 5.56 Å². The fourth-order valence-corrected chi connectivity index (χ4v) is 1.68. The van der Waals surface area contributed by atoms with E-state index < -0.39 is 6.61 Å². The van der Waals surface area contributed by atoms with E-state index in [1.807, 2.05) is 6.92 Å². The minimum atomic E-state index is -2.80. The van der Waals surface area contributed by atoms with E-state index in [1.54, 1.807) is 6.07 Å². The van der Waals surface area contributed by atoms with Crippen LogP contribution in [0.25, 0.3) is 0 Å². The molecule has 1 nitrogen and oxygen atoms in total. The van der Waals surface area contributed by atoms with Crippen LogP contribution in [0.5, 0.6) is 5.75 Å². The first kappa shape index (κ1) is 10.9. The third kappa shape index (κ3) is 2.64. The topological polar surface area (TPSA) is 9.23 Å². The number of ether oxygens (including phenoxy) is 1. The van der Waals surface area contributed by atoms with Crippen molar-refractivity contribution in [3.63, 3.8) is 0 Å². The van der Waals surface area contributed by atoms with Crippen molar-refractivity contribution >= 4 is 31.9 Å². The highest BCUT2D eigenvalue weighted by Gasteiger charge is 2.11. The molecule has 0 bridgehead atoms. The highest BCUT2D eigenvalue weighted by molar-refractivity contribution is 9.13. The zero-order valence-corrected chi connectivity index (χ0v) is 9.82. The lowest BCUT2D eigenvalue weighted by atomic mass is 10.2. The van der Waals surface area contributed by atoms with Crippen molar-refractivity contribution in [3.8, 4) is 5.75 Å². The second kappa shape index (κ2) is 4.37. The molecule has 72 valence electrons. The van der Waals surface area contributed by atoms with Crippen molar-refractivity contribution in [1.29, 1.82) is 0 Å². The third-order valence-electron chi connectivity index (χ3n) is 1.46. The van der Waals surface area contributed by atoms with Gasteiger partial charge < -0.3 is 4.74 Å². The van der Waals surface area contributed by atoms with Crippen LogP contribution in [0.2, 0.25) is 0 Å². The average molecular weight is 316 g/mol. The van der Waals surface area contributed by atoms with Crippen LogP contribution in [0, 0.1) is 6.92 Å². The number of rotatable bonds is 2. The number of benzene rings is 1. The number of hydrogen-bond acceptors (Lipinski definition) is 1. The molecule has 0 fully saturated rings. The van der Waals surface area contributed by atoms with Crippen molar-refractivity contribution in [2.75, 3.05) is 0 Å². The largest absolute Gasteiger partial charge is 0.434 e. The number of alkyl halides is 2. The van der Waals surface area contributed by atoms with Gasteiger partial charge in [-0.3, -0.25) is 0 Å². The second-order valence-electron chi connectivity index (χ2n) is 2.39. The summed E-state index contributed by atoms with van der Waals surface area (Å²) in [6.45, 7) is -0.938. The van der Waals surface area contributed by atoms with Gasteiger partial charge in [0.15, 0.2) is 0 Å². The predicted octanol–water partition coefficient (Wildman–Crippen LogP) is 4.12. The second-order valence-corrected chi connectivity index (χ2v) is 3.97. The highest BCUT2D eigenvalue weighted by atomic mass is 79.9. The molecule has 5 heteroatoms. The van der Waals surface area contributed by atoms with Crippen LogP contribution < -0.4 is 4.74 Å². The fourth-order valence-electron chi connectivity index (χ4n) is 0.815. The lowest BCUT2D eigenvalue weighted by molar-refractivity contribution is -0.0504. The Bertz CT molecular complexity index is 315.